The summed E-state index contributed by atoms with van der Waals surface area (Å²) in [6.07, 6.45) is 0. The first-order valence-electron chi connectivity index (χ1n) is 8.88. The molecule has 128 valence electrons. The Morgan fingerprint density at radius 1 is 0.960 bits per heavy atom. The van der Waals surface area contributed by atoms with Gasteiger partial charge in [0.25, 0.3) is 5.91 Å². The van der Waals surface area contributed by atoms with Crippen molar-refractivity contribution in [3.8, 4) is 0 Å². The van der Waals surface area contributed by atoms with E-state index in [-0.39, 0.29) is 5.91 Å². The molecule has 25 heavy (non-hydrogen) atoms. The molecule has 0 radical (unpaired) electrons. The number of rotatable bonds is 3. The molecule has 2 aromatic carbocycles. The summed E-state index contributed by atoms with van der Waals surface area (Å²) in [7, 11) is 0. The van der Waals surface area contributed by atoms with Crippen molar-refractivity contribution in [2.75, 3.05) is 26.2 Å². The molecule has 1 aliphatic rings. The van der Waals surface area contributed by atoms with Crippen LogP contribution in [0.4, 0.5) is 0 Å². The minimum atomic E-state index is 0.100. The lowest BCUT2D eigenvalue weighted by Gasteiger charge is -2.38. The maximum atomic E-state index is 12.8. The van der Waals surface area contributed by atoms with Gasteiger partial charge in [0.2, 0.25) is 0 Å². The van der Waals surface area contributed by atoms with Crippen molar-refractivity contribution in [1.29, 1.82) is 0 Å². The van der Waals surface area contributed by atoms with Gasteiger partial charge in [0.1, 0.15) is 5.69 Å². The van der Waals surface area contributed by atoms with Crippen molar-refractivity contribution in [3.05, 3.63) is 71.9 Å². The number of aromatic amines is 1. The number of hydrogen-bond acceptors (Lipinski definition) is 2. The number of amides is 1. The first kappa shape index (κ1) is 15.9. The molecule has 4 nitrogen and oxygen atoms in total. The van der Waals surface area contributed by atoms with Crippen LogP contribution in [0.2, 0.25) is 0 Å². The number of fused-ring (bicyclic) bond motifs is 1. The molecule has 0 bridgehead atoms. The van der Waals surface area contributed by atoms with Gasteiger partial charge in [-0.05, 0) is 24.6 Å². The van der Waals surface area contributed by atoms with Gasteiger partial charge in [-0.3, -0.25) is 9.69 Å². The number of nitrogens with zero attached hydrogens (tertiary/aromatic N) is 2. The van der Waals surface area contributed by atoms with Gasteiger partial charge in [0.15, 0.2) is 0 Å². The molecule has 1 atom stereocenters. The Balaban J connectivity index is 1.42. The molecule has 2 heterocycles. The quantitative estimate of drug-likeness (QED) is 0.794. The van der Waals surface area contributed by atoms with E-state index in [4.69, 9.17) is 0 Å². The minimum Gasteiger partial charge on any atom is -0.351 e. The average molecular weight is 333 g/mol. The Morgan fingerprint density at radius 2 is 1.64 bits per heavy atom. The topological polar surface area (TPSA) is 39.3 Å². The van der Waals surface area contributed by atoms with Crippen LogP contribution in [0, 0.1) is 0 Å². The number of carbonyl (C=O) groups is 1. The lowest BCUT2D eigenvalue weighted by molar-refractivity contribution is 0.0577. The van der Waals surface area contributed by atoms with Gasteiger partial charge in [-0.1, -0.05) is 48.5 Å². The predicted molar refractivity (Wildman–Crippen MR) is 101 cm³/mol. The number of H-pyrrole nitrogens is 1. The molecular formula is C21H23N3O. The van der Waals surface area contributed by atoms with Gasteiger partial charge in [0, 0.05) is 43.1 Å². The number of hydrogen-bond donors (Lipinski definition) is 1. The highest BCUT2D eigenvalue weighted by Gasteiger charge is 2.26. The van der Waals surface area contributed by atoms with E-state index in [9.17, 15) is 4.79 Å². The number of nitrogens with one attached hydrogen (secondary N) is 1. The zero-order chi connectivity index (χ0) is 17.2. The Bertz CT molecular complexity index is 830. The fraction of sp³-hybridized carbons (Fsp3) is 0.286. The smallest absolute Gasteiger partial charge is 0.270 e. The van der Waals surface area contributed by atoms with E-state index in [1.807, 2.05) is 41.3 Å². The normalized spacial score (nSPS) is 16.9. The summed E-state index contributed by atoms with van der Waals surface area (Å²) >= 11 is 0. The van der Waals surface area contributed by atoms with E-state index >= 15 is 0 Å². The monoisotopic (exact) mass is 333 g/mol. The number of carbonyl (C=O) groups excluding carboxylic acids is 1. The van der Waals surface area contributed by atoms with Gasteiger partial charge in [0.05, 0.1) is 0 Å². The van der Waals surface area contributed by atoms with E-state index in [2.05, 4.69) is 41.1 Å². The standard InChI is InChI=1S/C21H23N3O/c1-16(17-7-3-2-4-8-17)23-11-13-24(14-12-23)21(25)20-15-18-9-5-6-10-19(18)22-20/h2-10,15-16,22H,11-14H2,1H3. The van der Waals surface area contributed by atoms with Crippen molar-refractivity contribution in [2.45, 2.75) is 13.0 Å². The van der Waals surface area contributed by atoms with Gasteiger partial charge in [-0.25, -0.2) is 0 Å². The minimum absolute atomic E-state index is 0.100. The third-order valence-corrected chi connectivity index (χ3v) is 5.19. The van der Waals surface area contributed by atoms with Crippen LogP contribution in [0.5, 0.6) is 0 Å². The van der Waals surface area contributed by atoms with Crippen molar-refractivity contribution < 1.29 is 4.79 Å². The molecule has 1 unspecified atom stereocenters. The summed E-state index contributed by atoms with van der Waals surface area (Å²) < 4.78 is 0. The lowest BCUT2D eigenvalue weighted by atomic mass is 10.1. The van der Waals surface area contributed by atoms with Crippen molar-refractivity contribution in [2.24, 2.45) is 0 Å². The van der Waals surface area contributed by atoms with Crippen LogP contribution in [-0.2, 0) is 0 Å². The molecule has 4 heteroatoms. The van der Waals surface area contributed by atoms with Crippen LogP contribution in [0.15, 0.2) is 60.7 Å². The lowest BCUT2D eigenvalue weighted by Crippen LogP contribution is -2.49. The Kier molecular flexibility index (Phi) is 4.28. The first-order valence-corrected chi connectivity index (χ1v) is 8.88. The molecule has 0 saturated carbocycles. The highest BCUT2D eigenvalue weighted by Crippen LogP contribution is 2.22. The molecule has 1 saturated heterocycles. The van der Waals surface area contributed by atoms with E-state index in [1.165, 1.54) is 5.56 Å². The Labute approximate surface area is 148 Å². The summed E-state index contributed by atoms with van der Waals surface area (Å²) in [6.45, 7) is 5.59. The summed E-state index contributed by atoms with van der Waals surface area (Å²) in [4.78, 5) is 20.4. The van der Waals surface area contributed by atoms with Crippen molar-refractivity contribution >= 4 is 16.8 Å². The summed E-state index contributed by atoms with van der Waals surface area (Å²) in [5, 5.41) is 1.09. The fourth-order valence-electron chi connectivity index (χ4n) is 3.61. The van der Waals surface area contributed by atoms with Gasteiger partial charge >= 0.3 is 0 Å². The number of piperazine rings is 1. The molecule has 1 fully saturated rings. The van der Waals surface area contributed by atoms with E-state index in [0.29, 0.717) is 11.7 Å². The molecule has 1 N–H and O–H groups in total. The maximum absolute atomic E-state index is 12.8. The zero-order valence-corrected chi connectivity index (χ0v) is 14.5. The SMILES string of the molecule is CC(c1ccccc1)N1CCN(C(=O)c2cc3ccccc3[nH]2)CC1. The second-order valence-electron chi connectivity index (χ2n) is 6.69. The molecule has 1 aromatic heterocycles. The predicted octanol–water partition coefficient (Wildman–Crippen LogP) is 3.69. The van der Waals surface area contributed by atoms with Crippen LogP contribution < -0.4 is 0 Å². The first-order chi connectivity index (χ1) is 12.2. The van der Waals surface area contributed by atoms with Gasteiger partial charge in [-0.2, -0.15) is 0 Å². The summed E-state index contributed by atoms with van der Waals surface area (Å²) in [6, 6.07) is 20.9. The highest BCUT2D eigenvalue weighted by atomic mass is 16.2. The number of benzene rings is 2. The van der Waals surface area contributed by atoms with Gasteiger partial charge in [-0.15, -0.1) is 0 Å². The number of para-hydroxylation sites is 1. The molecule has 1 aliphatic heterocycles. The molecule has 0 spiro atoms. The maximum Gasteiger partial charge on any atom is 0.270 e. The second kappa shape index (κ2) is 6.73. The Hall–Kier alpha value is -2.59. The fourth-order valence-corrected chi connectivity index (χ4v) is 3.61. The van der Waals surface area contributed by atoms with Crippen LogP contribution >= 0.6 is 0 Å². The molecular weight excluding hydrogens is 310 g/mol. The summed E-state index contributed by atoms with van der Waals surface area (Å²) in [5.41, 5.74) is 3.03. The summed E-state index contributed by atoms with van der Waals surface area (Å²) in [5.74, 6) is 0.100. The largest absolute Gasteiger partial charge is 0.351 e. The van der Waals surface area contributed by atoms with E-state index in [0.717, 1.165) is 37.1 Å². The highest BCUT2D eigenvalue weighted by molar-refractivity contribution is 5.98. The van der Waals surface area contributed by atoms with Crippen molar-refractivity contribution in [3.63, 3.8) is 0 Å². The van der Waals surface area contributed by atoms with Crippen molar-refractivity contribution in [1.82, 2.24) is 14.8 Å². The second-order valence-corrected chi connectivity index (χ2v) is 6.69. The molecule has 0 aliphatic carbocycles. The van der Waals surface area contributed by atoms with Crippen LogP contribution in [0.1, 0.15) is 29.0 Å². The van der Waals surface area contributed by atoms with E-state index < -0.39 is 0 Å². The zero-order valence-electron chi connectivity index (χ0n) is 14.5. The third-order valence-electron chi connectivity index (χ3n) is 5.19. The Morgan fingerprint density at radius 3 is 2.36 bits per heavy atom. The van der Waals surface area contributed by atoms with Crippen LogP contribution in [0.25, 0.3) is 10.9 Å². The van der Waals surface area contributed by atoms with Gasteiger partial charge < -0.3 is 9.88 Å². The molecule has 4 rings (SSSR count). The van der Waals surface area contributed by atoms with Crippen LogP contribution in [-0.4, -0.2) is 46.9 Å². The average Bonchev–Trinajstić information content (AvgIpc) is 3.12. The third kappa shape index (κ3) is 3.17. The molecule has 3 aromatic rings. The van der Waals surface area contributed by atoms with E-state index in [1.54, 1.807) is 0 Å². The molecule has 1 amide bonds. The van der Waals surface area contributed by atoms with Crippen LogP contribution in [0.3, 0.4) is 0 Å². The number of aromatic nitrogens is 1.